The van der Waals surface area contributed by atoms with Gasteiger partial charge in [0.05, 0.1) is 17.1 Å². The van der Waals surface area contributed by atoms with Gasteiger partial charge in [0.25, 0.3) is 0 Å². The summed E-state index contributed by atoms with van der Waals surface area (Å²) < 4.78 is 23.4. The first-order valence-electron chi connectivity index (χ1n) is 9.33. The van der Waals surface area contributed by atoms with Gasteiger partial charge in [-0.05, 0) is 50.9 Å². The van der Waals surface area contributed by atoms with E-state index in [0.29, 0.717) is 24.9 Å². The maximum Gasteiger partial charge on any atom is 0.153 e. The lowest BCUT2D eigenvalue weighted by Gasteiger charge is -2.36. The van der Waals surface area contributed by atoms with E-state index in [-0.39, 0.29) is 11.5 Å². The minimum Gasteiger partial charge on any atom is -0.387 e. The molecule has 1 saturated heterocycles. The number of aliphatic hydroxyl groups is 1. The monoisotopic (exact) mass is 341 g/mol. The van der Waals surface area contributed by atoms with Crippen LogP contribution in [0.5, 0.6) is 0 Å². The van der Waals surface area contributed by atoms with E-state index in [9.17, 15) is 13.5 Å². The molecule has 0 aromatic heterocycles. The Kier molecular flexibility index (Phi) is 5.49. The molecule has 4 nitrogen and oxygen atoms in total. The summed E-state index contributed by atoms with van der Waals surface area (Å²) in [5.74, 6) is 0.695. The third-order valence-corrected chi connectivity index (χ3v) is 7.67. The van der Waals surface area contributed by atoms with Gasteiger partial charge in [0.15, 0.2) is 9.84 Å². The van der Waals surface area contributed by atoms with Crippen molar-refractivity contribution in [2.75, 3.05) is 18.1 Å². The molecule has 0 radical (unpaired) electrons. The molecular formula is C18H31NO3S. The summed E-state index contributed by atoms with van der Waals surface area (Å²) in [5.41, 5.74) is 0.439. The molecule has 2 fully saturated rings. The largest absolute Gasteiger partial charge is 0.387 e. The van der Waals surface area contributed by atoms with E-state index in [1.54, 1.807) is 0 Å². The molecule has 132 valence electrons. The fraction of sp³-hybridized carbons (Fsp3) is 0.889. The molecule has 0 aromatic carbocycles. The second-order valence-electron chi connectivity index (χ2n) is 7.85. The number of hydrogen-bond acceptors (Lipinski definition) is 4. The van der Waals surface area contributed by atoms with E-state index in [1.165, 1.54) is 56.9 Å². The molecule has 0 spiro atoms. The molecule has 2 aliphatic carbocycles. The highest BCUT2D eigenvalue weighted by molar-refractivity contribution is 7.91. The molecule has 2 N–H and O–H groups in total. The number of nitrogens with one attached hydrogen (secondary N) is 1. The Bertz CT molecular complexity index is 536. The van der Waals surface area contributed by atoms with Crippen LogP contribution < -0.4 is 5.32 Å². The Hall–Kier alpha value is -0.390. The van der Waals surface area contributed by atoms with Gasteiger partial charge in [-0.15, -0.1) is 0 Å². The van der Waals surface area contributed by atoms with Crippen LogP contribution in [0.2, 0.25) is 0 Å². The molecule has 1 aliphatic heterocycles. The van der Waals surface area contributed by atoms with Crippen LogP contribution in [0.3, 0.4) is 0 Å². The van der Waals surface area contributed by atoms with Crippen molar-refractivity contribution in [3.8, 4) is 0 Å². The van der Waals surface area contributed by atoms with Crippen LogP contribution in [-0.4, -0.2) is 43.2 Å². The number of allylic oxidation sites excluding steroid dienone is 1. The Balaban J connectivity index is 1.67. The fourth-order valence-corrected chi connectivity index (χ4v) is 6.45. The van der Waals surface area contributed by atoms with Crippen LogP contribution >= 0.6 is 0 Å². The standard InChI is InChI=1S/C18H31NO3S/c20-18(11-12-23(21,22)14-18)13-19-17(15-7-3-1-4-8-15)16-9-5-2-6-10-16/h7,16-17,19-20H,1-6,8-14H2. The Morgan fingerprint density at radius 2 is 2.00 bits per heavy atom. The second-order valence-corrected chi connectivity index (χ2v) is 10.0. The summed E-state index contributed by atoms with van der Waals surface area (Å²) in [5, 5.41) is 14.2. The highest BCUT2D eigenvalue weighted by Crippen LogP contribution is 2.33. The van der Waals surface area contributed by atoms with Crippen molar-refractivity contribution in [3.05, 3.63) is 11.6 Å². The zero-order chi connectivity index (χ0) is 16.3. The molecule has 0 amide bonds. The van der Waals surface area contributed by atoms with E-state index >= 15 is 0 Å². The van der Waals surface area contributed by atoms with E-state index in [1.807, 2.05) is 0 Å². The molecule has 3 aliphatic rings. The van der Waals surface area contributed by atoms with Gasteiger partial charge in [-0.2, -0.15) is 0 Å². The minimum absolute atomic E-state index is 0.0799. The summed E-state index contributed by atoms with van der Waals surface area (Å²) in [6, 6.07) is 0.336. The highest BCUT2D eigenvalue weighted by atomic mass is 32.2. The smallest absolute Gasteiger partial charge is 0.153 e. The molecule has 2 atom stereocenters. The lowest BCUT2D eigenvalue weighted by atomic mass is 9.78. The molecular weight excluding hydrogens is 310 g/mol. The molecule has 1 saturated carbocycles. The molecule has 1 heterocycles. The van der Waals surface area contributed by atoms with Crippen molar-refractivity contribution in [3.63, 3.8) is 0 Å². The lowest BCUT2D eigenvalue weighted by Crippen LogP contribution is -2.48. The van der Waals surface area contributed by atoms with E-state index in [4.69, 9.17) is 0 Å². The summed E-state index contributed by atoms with van der Waals surface area (Å²) in [4.78, 5) is 0. The summed E-state index contributed by atoms with van der Waals surface area (Å²) in [7, 11) is -3.06. The average molecular weight is 342 g/mol. The van der Waals surface area contributed by atoms with Gasteiger partial charge in [0, 0.05) is 12.6 Å². The maximum atomic E-state index is 11.7. The van der Waals surface area contributed by atoms with Crippen LogP contribution in [0.25, 0.3) is 0 Å². The van der Waals surface area contributed by atoms with Crippen LogP contribution in [0.4, 0.5) is 0 Å². The zero-order valence-electron chi connectivity index (χ0n) is 14.1. The first-order valence-corrected chi connectivity index (χ1v) is 11.1. The number of rotatable bonds is 5. The lowest BCUT2D eigenvalue weighted by molar-refractivity contribution is 0.0618. The third-order valence-electron chi connectivity index (χ3n) is 5.86. The Labute approximate surface area is 140 Å². The van der Waals surface area contributed by atoms with Crippen molar-refractivity contribution >= 4 is 9.84 Å². The van der Waals surface area contributed by atoms with Crippen LogP contribution in [-0.2, 0) is 9.84 Å². The van der Waals surface area contributed by atoms with Gasteiger partial charge < -0.3 is 10.4 Å². The highest BCUT2D eigenvalue weighted by Gasteiger charge is 2.41. The minimum atomic E-state index is -3.06. The number of sulfone groups is 1. The van der Waals surface area contributed by atoms with Crippen molar-refractivity contribution in [2.24, 2.45) is 5.92 Å². The van der Waals surface area contributed by atoms with Crippen LogP contribution in [0.15, 0.2) is 11.6 Å². The van der Waals surface area contributed by atoms with Crippen LogP contribution in [0.1, 0.15) is 64.2 Å². The van der Waals surface area contributed by atoms with Gasteiger partial charge in [-0.3, -0.25) is 0 Å². The van der Waals surface area contributed by atoms with Crippen molar-refractivity contribution in [1.29, 1.82) is 0 Å². The van der Waals surface area contributed by atoms with E-state index < -0.39 is 15.4 Å². The predicted molar refractivity (Wildman–Crippen MR) is 93.1 cm³/mol. The normalized spacial score (nSPS) is 33.3. The number of hydrogen-bond donors (Lipinski definition) is 2. The maximum absolute atomic E-state index is 11.7. The third kappa shape index (κ3) is 4.58. The first-order chi connectivity index (χ1) is 11.0. The quantitative estimate of drug-likeness (QED) is 0.754. The molecule has 2 unspecified atom stereocenters. The van der Waals surface area contributed by atoms with Gasteiger partial charge >= 0.3 is 0 Å². The SMILES string of the molecule is O=S1(=O)CCC(O)(CNC(C2=CCCCC2)C2CCCCC2)C1. The summed E-state index contributed by atoms with van der Waals surface area (Å²) >= 11 is 0. The average Bonchev–Trinajstić information content (AvgIpc) is 2.83. The van der Waals surface area contributed by atoms with Crippen LogP contribution in [0, 0.1) is 5.92 Å². The molecule has 5 heteroatoms. The van der Waals surface area contributed by atoms with Crippen molar-refractivity contribution in [2.45, 2.75) is 75.9 Å². The van der Waals surface area contributed by atoms with E-state index in [0.717, 1.165) is 6.42 Å². The van der Waals surface area contributed by atoms with Gasteiger partial charge in [-0.1, -0.05) is 30.9 Å². The Morgan fingerprint density at radius 1 is 1.22 bits per heavy atom. The molecule has 23 heavy (non-hydrogen) atoms. The van der Waals surface area contributed by atoms with Gasteiger partial charge in [0.2, 0.25) is 0 Å². The molecule has 3 rings (SSSR count). The molecule has 0 aromatic rings. The topological polar surface area (TPSA) is 66.4 Å². The van der Waals surface area contributed by atoms with Gasteiger partial charge in [-0.25, -0.2) is 8.42 Å². The second kappa shape index (κ2) is 7.24. The fourth-order valence-electron chi connectivity index (χ4n) is 4.55. The zero-order valence-corrected chi connectivity index (χ0v) is 14.9. The van der Waals surface area contributed by atoms with Gasteiger partial charge in [0.1, 0.15) is 0 Å². The van der Waals surface area contributed by atoms with Crippen molar-refractivity contribution < 1.29 is 13.5 Å². The summed E-state index contributed by atoms with van der Waals surface area (Å²) in [6.45, 7) is 0.407. The Morgan fingerprint density at radius 3 is 2.61 bits per heavy atom. The van der Waals surface area contributed by atoms with Crippen molar-refractivity contribution in [1.82, 2.24) is 5.32 Å². The van der Waals surface area contributed by atoms with E-state index in [2.05, 4.69) is 11.4 Å². The first kappa shape index (κ1) is 17.4. The predicted octanol–water partition coefficient (Wildman–Crippen LogP) is 2.57. The summed E-state index contributed by atoms with van der Waals surface area (Å²) in [6.07, 6.45) is 14.1. The molecule has 0 bridgehead atoms.